The summed E-state index contributed by atoms with van der Waals surface area (Å²) >= 11 is 0. The van der Waals surface area contributed by atoms with Crippen molar-refractivity contribution in [2.24, 2.45) is 0 Å². The molecule has 1 fully saturated rings. The zero-order chi connectivity index (χ0) is 22.7. The third-order valence-electron chi connectivity index (χ3n) is 5.05. The SMILES string of the molecule is CNC(=O)OCc1cc(-c2ccccc2)n(S(=O)(=O)c2cccc(C(=O)NC3CC3)c2)c1. The molecule has 0 spiro atoms. The van der Waals surface area contributed by atoms with Crippen LogP contribution in [0.4, 0.5) is 4.79 Å². The summed E-state index contributed by atoms with van der Waals surface area (Å²) in [6.07, 6.45) is 2.69. The fourth-order valence-corrected chi connectivity index (χ4v) is 4.67. The molecular formula is C23H23N3O5S. The average molecular weight is 454 g/mol. The third-order valence-corrected chi connectivity index (χ3v) is 6.72. The van der Waals surface area contributed by atoms with Gasteiger partial charge in [-0.2, -0.15) is 0 Å². The Morgan fingerprint density at radius 1 is 1.06 bits per heavy atom. The van der Waals surface area contributed by atoms with Crippen molar-refractivity contribution >= 4 is 22.0 Å². The van der Waals surface area contributed by atoms with E-state index in [1.807, 2.05) is 18.2 Å². The highest BCUT2D eigenvalue weighted by Crippen LogP contribution is 2.28. The first-order chi connectivity index (χ1) is 15.4. The highest BCUT2D eigenvalue weighted by molar-refractivity contribution is 7.90. The third kappa shape index (κ3) is 4.67. The minimum atomic E-state index is -4.03. The van der Waals surface area contributed by atoms with Crippen LogP contribution in [0.1, 0.15) is 28.8 Å². The van der Waals surface area contributed by atoms with Gasteiger partial charge in [0.05, 0.1) is 10.6 Å². The van der Waals surface area contributed by atoms with Gasteiger partial charge in [-0.15, -0.1) is 0 Å². The molecule has 2 N–H and O–H groups in total. The summed E-state index contributed by atoms with van der Waals surface area (Å²) in [4.78, 5) is 23.9. The van der Waals surface area contributed by atoms with Crippen molar-refractivity contribution in [2.45, 2.75) is 30.4 Å². The number of aromatic nitrogens is 1. The van der Waals surface area contributed by atoms with Crippen LogP contribution in [0.3, 0.4) is 0 Å². The van der Waals surface area contributed by atoms with Crippen molar-refractivity contribution in [3.63, 3.8) is 0 Å². The molecule has 1 saturated carbocycles. The van der Waals surface area contributed by atoms with Gasteiger partial charge in [0.25, 0.3) is 15.9 Å². The molecule has 1 aliphatic rings. The zero-order valence-corrected chi connectivity index (χ0v) is 18.3. The fraction of sp³-hybridized carbons (Fsp3) is 0.217. The van der Waals surface area contributed by atoms with Crippen LogP contribution in [0, 0.1) is 0 Å². The number of alkyl carbamates (subject to hydrolysis) is 1. The lowest BCUT2D eigenvalue weighted by atomic mass is 10.1. The molecule has 0 atom stereocenters. The number of carbonyl (C=O) groups excluding carboxylic acids is 2. The Labute approximate surface area is 186 Å². The summed E-state index contributed by atoms with van der Waals surface area (Å²) in [6.45, 7) is -0.0914. The van der Waals surface area contributed by atoms with Crippen molar-refractivity contribution in [3.8, 4) is 11.3 Å². The van der Waals surface area contributed by atoms with Gasteiger partial charge in [0.15, 0.2) is 0 Å². The van der Waals surface area contributed by atoms with Crippen LogP contribution in [-0.2, 0) is 21.4 Å². The van der Waals surface area contributed by atoms with Gasteiger partial charge in [0.1, 0.15) is 6.61 Å². The molecule has 32 heavy (non-hydrogen) atoms. The maximum absolute atomic E-state index is 13.6. The molecule has 1 aromatic heterocycles. The van der Waals surface area contributed by atoms with E-state index in [1.165, 1.54) is 25.4 Å². The molecule has 4 rings (SSSR count). The topological polar surface area (TPSA) is 106 Å². The Balaban J connectivity index is 1.72. The monoisotopic (exact) mass is 453 g/mol. The smallest absolute Gasteiger partial charge is 0.407 e. The van der Waals surface area contributed by atoms with Crippen LogP contribution in [0.2, 0.25) is 0 Å². The summed E-state index contributed by atoms with van der Waals surface area (Å²) in [6, 6.07) is 16.9. The first-order valence-corrected chi connectivity index (χ1v) is 11.6. The van der Waals surface area contributed by atoms with Gasteiger partial charge >= 0.3 is 6.09 Å². The molecule has 0 bridgehead atoms. The van der Waals surface area contributed by atoms with Crippen molar-refractivity contribution < 1.29 is 22.7 Å². The quantitative estimate of drug-likeness (QED) is 0.572. The van der Waals surface area contributed by atoms with Crippen molar-refractivity contribution in [1.82, 2.24) is 14.6 Å². The summed E-state index contributed by atoms with van der Waals surface area (Å²) in [5.74, 6) is -0.292. The predicted molar refractivity (Wildman–Crippen MR) is 119 cm³/mol. The molecule has 166 valence electrons. The number of nitrogens with zero attached hydrogens (tertiary/aromatic N) is 1. The second kappa shape index (κ2) is 8.88. The normalized spacial score (nSPS) is 13.4. The standard InChI is InChI=1S/C23H23N3O5S/c1-24-23(28)31-15-16-12-21(17-6-3-2-4-7-17)26(14-16)32(29,30)20-9-5-8-18(13-20)22(27)25-19-10-11-19/h2-9,12-14,19H,10-11,15H2,1H3,(H,24,28)(H,25,27). The second-order valence-corrected chi connectivity index (χ2v) is 9.32. The van der Waals surface area contributed by atoms with Crippen LogP contribution in [-0.4, -0.2) is 37.5 Å². The highest BCUT2D eigenvalue weighted by Gasteiger charge is 2.26. The minimum absolute atomic E-state index is 0.00695. The number of nitrogens with one attached hydrogen (secondary N) is 2. The van der Waals surface area contributed by atoms with Gasteiger partial charge in [-0.1, -0.05) is 36.4 Å². The second-order valence-electron chi connectivity index (χ2n) is 7.50. The van der Waals surface area contributed by atoms with E-state index < -0.39 is 16.1 Å². The molecule has 2 amide bonds. The molecular weight excluding hydrogens is 430 g/mol. The molecule has 0 saturated heterocycles. The molecule has 0 aliphatic heterocycles. The van der Waals surface area contributed by atoms with Crippen molar-refractivity contribution in [1.29, 1.82) is 0 Å². The van der Waals surface area contributed by atoms with E-state index in [0.717, 1.165) is 16.8 Å². The Kier molecular flexibility index (Phi) is 6.00. The summed E-state index contributed by atoms with van der Waals surface area (Å²) in [5.41, 5.74) is 1.91. The highest BCUT2D eigenvalue weighted by atomic mass is 32.2. The molecule has 0 unspecified atom stereocenters. The van der Waals surface area contributed by atoms with E-state index in [-0.39, 0.29) is 29.0 Å². The summed E-state index contributed by atoms with van der Waals surface area (Å²) in [7, 11) is -2.59. The van der Waals surface area contributed by atoms with Gasteiger partial charge in [-0.25, -0.2) is 17.2 Å². The van der Waals surface area contributed by atoms with Gasteiger partial charge in [-0.05, 0) is 42.7 Å². The number of carbonyl (C=O) groups is 2. The van der Waals surface area contributed by atoms with E-state index in [0.29, 0.717) is 16.8 Å². The van der Waals surface area contributed by atoms with Gasteiger partial charge in [0.2, 0.25) is 0 Å². The summed E-state index contributed by atoms with van der Waals surface area (Å²) in [5, 5.41) is 5.22. The lowest BCUT2D eigenvalue weighted by molar-refractivity contribution is 0.0950. The van der Waals surface area contributed by atoms with Gasteiger partial charge in [0, 0.05) is 30.4 Å². The Morgan fingerprint density at radius 2 is 1.81 bits per heavy atom. The van der Waals surface area contributed by atoms with Crippen LogP contribution < -0.4 is 10.6 Å². The zero-order valence-electron chi connectivity index (χ0n) is 17.4. The van der Waals surface area contributed by atoms with Gasteiger partial charge < -0.3 is 15.4 Å². The molecule has 9 heteroatoms. The first-order valence-electron chi connectivity index (χ1n) is 10.2. The van der Waals surface area contributed by atoms with Crippen LogP contribution in [0.5, 0.6) is 0 Å². The number of ether oxygens (including phenoxy) is 1. The number of benzene rings is 2. The summed E-state index contributed by atoms with van der Waals surface area (Å²) < 4.78 is 33.3. The van der Waals surface area contributed by atoms with E-state index >= 15 is 0 Å². The van der Waals surface area contributed by atoms with Gasteiger partial charge in [-0.3, -0.25) is 4.79 Å². The number of amides is 2. The lowest BCUT2D eigenvalue weighted by Crippen LogP contribution is -2.25. The molecule has 0 radical (unpaired) electrons. The maximum atomic E-state index is 13.6. The van der Waals surface area contributed by atoms with Crippen LogP contribution in [0.25, 0.3) is 11.3 Å². The van der Waals surface area contributed by atoms with E-state index in [4.69, 9.17) is 4.74 Å². The molecule has 1 aliphatic carbocycles. The van der Waals surface area contributed by atoms with Crippen molar-refractivity contribution in [3.05, 3.63) is 78.0 Å². The lowest BCUT2D eigenvalue weighted by Gasteiger charge is -2.12. The first kappa shape index (κ1) is 21.6. The van der Waals surface area contributed by atoms with Crippen molar-refractivity contribution in [2.75, 3.05) is 7.05 Å². The van der Waals surface area contributed by atoms with Crippen LogP contribution in [0.15, 0.2) is 71.8 Å². The Bertz CT molecular complexity index is 1250. The Morgan fingerprint density at radius 3 is 2.50 bits per heavy atom. The fourth-order valence-electron chi connectivity index (χ4n) is 3.22. The average Bonchev–Trinajstić information content (AvgIpc) is 3.52. The van der Waals surface area contributed by atoms with E-state index in [2.05, 4.69) is 10.6 Å². The van der Waals surface area contributed by atoms with Crippen LogP contribution >= 0.6 is 0 Å². The maximum Gasteiger partial charge on any atom is 0.407 e. The number of hydrogen-bond acceptors (Lipinski definition) is 5. The van der Waals surface area contributed by atoms with E-state index in [1.54, 1.807) is 30.3 Å². The molecule has 2 aromatic carbocycles. The van der Waals surface area contributed by atoms with E-state index in [9.17, 15) is 18.0 Å². The predicted octanol–water partition coefficient (Wildman–Crippen LogP) is 3.14. The number of rotatable bonds is 7. The molecule has 8 nitrogen and oxygen atoms in total. The largest absolute Gasteiger partial charge is 0.445 e. The molecule has 3 aromatic rings. The Hall–Kier alpha value is -3.59. The minimum Gasteiger partial charge on any atom is -0.445 e. The molecule has 1 heterocycles. The number of hydrogen-bond donors (Lipinski definition) is 2.